The number of amides is 1. The molecule has 1 fully saturated rings. The number of nitrogens with one attached hydrogen (secondary N) is 1. The molecular formula is C25H29N3O2. The average molecular weight is 404 g/mol. The van der Waals surface area contributed by atoms with Gasteiger partial charge in [-0.2, -0.15) is 0 Å². The van der Waals surface area contributed by atoms with Crippen molar-refractivity contribution in [3.8, 4) is 11.5 Å². The Morgan fingerprint density at radius 3 is 2.80 bits per heavy atom. The van der Waals surface area contributed by atoms with Gasteiger partial charge in [0.05, 0.1) is 11.6 Å². The molecule has 1 atom stereocenters. The number of piperidine rings is 1. The second kappa shape index (κ2) is 9.26. The summed E-state index contributed by atoms with van der Waals surface area (Å²) in [6.45, 7) is 7.07. The number of likely N-dealkylation sites (tertiary alicyclic amines) is 1. The number of carbonyl (C=O) groups excluding carboxylic acids is 1. The Hall–Kier alpha value is -2.92. The maximum Gasteiger partial charge on any atom is 0.226 e. The van der Waals surface area contributed by atoms with Gasteiger partial charge in [-0.05, 0) is 50.9 Å². The highest BCUT2D eigenvalue weighted by atomic mass is 16.4. The number of rotatable bonds is 6. The fourth-order valence-electron chi connectivity index (χ4n) is 4.03. The third-order valence-electron chi connectivity index (χ3n) is 5.72. The Labute approximate surface area is 178 Å². The molecule has 4 rings (SSSR count). The molecule has 2 aromatic carbocycles. The molecule has 1 unspecified atom stereocenters. The lowest BCUT2D eigenvalue weighted by Crippen LogP contribution is -2.42. The lowest BCUT2D eigenvalue weighted by molar-refractivity contribution is -0.127. The monoisotopic (exact) mass is 403 g/mol. The maximum atomic E-state index is 12.7. The molecule has 0 saturated carbocycles. The van der Waals surface area contributed by atoms with Crippen LogP contribution >= 0.6 is 0 Å². The molecular weight excluding hydrogens is 374 g/mol. The third-order valence-corrected chi connectivity index (χ3v) is 5.72. The molecule has 1 N–H and O–H groups in total. The number of benzene rings is 2. The zero-order valence-corrected chi connectivity index (χ0v) is 17.7. The fraction of sp³-hybridized carbons (Fsp3) is 0.360. The topological polar surface area (TPSA) is 58.4 Å². The molecule has 1 aromatic heterocycles. The van der Waals surface area contributed by atoms with Crippen LogP contribution in [0.25, 0.3) is 11.5 Å². The van der Waals surface area contributed by atoms with Crippen molar-refractivity contribution in [3.63, 3.8) is 0 Å². The van der Waals surface area contributed by atoms with Gasteiger partial charge in [0.25, 0.3) is 0 Å². The van der Waals surface area contributed by atoms with Gasteiger partial charge in [0, 0.05) is 25.2 Å². The molecule has 156 valence electrons. The number of hydrogen-bond donors (Lipinski definition) is 1. The molecule has 1 aliphatic rings. The van der Waals surface area contributed by atoms with Crippen LogP contribution in [0.15, 0.2) is 59.0 Å². The van der Waals surface area contributed by atoms with Crippen molar-refractivity contribution in [2.45, 2.75) is 39.8 Å². The van der Waals surface area contributed by atoms with Gasteiger partial charge in [0.1, 0.15) is 5.76 Å². The van der Waals surface area contributed by atoms with Crippen LogP contribution in [-0.2, 0) is 17.9 Å². The van der Waals surface area contributed by atoms with Crippen molar-refractivity contribution in [1.29, 1.82) is 0 Å². The van der Waals surface area contributed by atoms with E-state index in [1.54, 1.807) is 0 Å². The van der Waals surface area contributed by atoms with Gasteiger partial charge in [-0.1, -0.05) is 48.0 Å². The highest BCUT2D eigenvalue weighted by Crippen LogP contribution is 2.25. The number of carbonyl (C=O) groups is 1. The number of nitrogens with zero attached hydrogens (tertiary/aromatic N) is 2. The first-order chi connectivity index (χ1) is 14.6. The second-order valence-corrected chi connectivity index (χ2v) is 8.17. The minimum absolute atomic E-state index is 0.0194. The van der Waals surface area contributed by atoms with E-state index in [0.29, 0.717) is 19.0 Å². The molecule has 1 saturated heterocycles. The maximum absolute atomic E-state index is 12.7. The minimum Gasteiger partial charge on any atom is -0.441 e. The number of aryl methyl sites for hydroxylation is 2. The van der Waals surface area contributed by atoms with Gasteiger partial charge in [0.2, 0.25) is 11.8 Å². The van der Waals surface area contributed by atoms with Crippen LogP contribution < -0.4 is 5.32 Å². The summed E-state index contributed by atoms with van der Waals surface area (Å²) in [6.07, 6.45) is 1.95. The summed E-state index contributed by atoms with van der Waals surface area (Å²) >= 11 is 0. The van der Waals surface area contributed by atoms with E-state index in [9.17, 15) is 4.79 Å². The lowest BCUT2D eigenvalue weighted by Gasteiger charge is -2.31. The van der Waals surface area contributed by atoms with E-state index < -0.39 is 0 Å². The fourth-order valence-corrected chi connectivity index (χ4v) is 4.03. The summed E-state index contributed by atoms with van der Waals surface area (Å²) in [5.41, 5.74) is 4.27. The molecule has 1 amide bonds. The van der Waals surface area contributed by atoms with Gasteiger partial charge in [-0.25, -0.2) is 4.98 Å². The predicted molar refractivity (Wildman–Crippen MR) is 118 cm³/mol. The van der Waals surface area contributed by atoms with Crippen molar-refractivity contribution in [3.05, 3.63) is 77.2 Å². The van der Waals surface area contributed by atoms with Crippen molar-refractivity contribution in [2.24, 2.45) is 5.92 Å². The highest BCUT2D eigenvalue weighted by molar-refractivity contribution is 5.79. The van der Waals surface area contributed by atoms with E-state index in [-0.39, 0.29) is 11.8 Å². The zero-order chi connectivity index (χ0) is 20.9. The van der Waals surface area contributed by atoms with Gasteiger partial charge >= 0.3 is 0 Å². The summed E-state index contributed by atoms with van der Waals surface area (Å²) in [7, 11) is 0. The van der Waals surface area contributed by atoms with Crippen LogP contribution in [0.4, 0.5) is 0 Å². The van der Waals surface area contributed by atoms with Crippen molar-refractivity contribution < 1.29 is 9.21 Å². The summed E-state index contributed by atoms with van der Waals surface area (Å²) < 4.78 is 5.94. The Balaban J connectivity index is 1.36. The molecule has 0 aliphatic carbocycles. The van der Waals surface area contributed by atoms with E-state index >= 15 is 0 Å². The van der Waals surface area contributed by atoms with Gasteiger partial charge in [-0.15, -0.1) is 0 Å². The molecule has 0 spiro atoms. The van der Waals surface area contributed by atoms with Crippen LogP contribution in [-0.4, -0.2) is 28.9 Å². The van der Waals surface area contributed by atoms with Crippen molar-refractivity contribution >= 4 is 5.91 Å². The first-order valence-corrected chi connectivity index (χ1v) is 10.7. The number of hydrogen-bond acceptors (Lipinski definition) is 4. The van der Waals surface area contributed by atoms with Crippen molar-refractivity contribution in [2.75, 3.05) is 13.1 Å². The van der Waals surface area contributed by atoms with Crippen LogP contribution in [0.3, 0.4) is 0 Å². The highest BCUT2D eigenvalue weighted by Gasteiger charge is 2.26. The van der Waals surface area contributed by atoms with Crippen LogP contribution in [0.5, 0.6) is 0 Å². The third kappa shape index (κ3) is 4.97. The average Bonchev–Trinajstić information content (AvgIpc) is 3.13. The molecule has 2 heterocycles. The van der Waals surface area contributed by atoms with Crippen LogP contribution in [0, 0.1) is 19.8 Å². The Kier molecular flexibility index (Phi) is 6.29. The Morgan fingerprint density at radius 1 is 1.17 bits per heavy atom. The summed E-state index contributed by atoms with van der Waals surface area (Å²) in [4.78, 5) is 19.8. The Bertz CT molecular complexity index is 997. The van der Waals surface area contributed by atoms with E-state index in [4.69, 9.17) is 9.40 Å². The lowest BCUT2D eigenvalue weighted by atomic mass is 9.97. The molecule has 0 radical (unpaired) electrons. The number of aromatic nitrogens is 1. The van der Waals surface area contributed by atoms with Crippen LogP contribution in [0.2, 0.25) is 0 Å². The quantitative estimate of drug-likeness (QED) is 0.659. The van der Waals surface area contributed by atoms with Crippen molar-refractivity contribution in [1.82, 2.24) is 15.2 Å². The zero-order valence-electron chi connectivity index (χ0n) is 17.7. The second-order valence-electron chi connectivity index (χ2n) is 8.17. The molecule has 5 heteroatoms. The molecule has 30 heavy (non-hydrogen) atoms. The summed E-state index contributed by atoms with van der Waals surface area (Å²) in [5, 5.41) is 3.10. The first kappa shape index (κ1) is 20.4. The SMILES string of the molecule is Cc1cccc(-c2nc(CN3CCCC(C(=O)NCc4ccccc4)C3)c(C)o2)c1. The van der Waals surface area contributed by atoms with E-state index in [0.717, 1.165) is 48.5 Å². The van der Waals surface area contributed by atoms with Gasteiger partial charge in [-0.3, -0.25) is 9.69 Å². The summed E-state index contributed by atoms with van der Waals surface area (Å²) in [6, 6.07) is 18.2. The van der Waals surface area contributed by atoms with Crippen LogP contribution in [0.1, 0.15) is 35.4 Å². The Morgan fingerprint density at radius 2 is 2.00 bits per heavy atom. The van der Waals surface area contributed by atoms with Gasteiger partial charge < -0.3 is 9.73 Å². The number of oxazole rings is 1. The molecule has 1 aliphatic heterocycles. The van der Waals surface area contributed by atoms with E-state index in [2.05, 4.69) is 29.3 Å². The van der Waals surface area contributed by atoms with E-state index in [1.165, 1.54) is 5.56 Å². The largest absolute Gasteiger partial charge is 0.441 e. The first-order valence-electron chi connectivity index (χ1n) is 10.7. The molecule has 0 bridgehead atoms. The normalized spacial score (nSPS) is 17.1. The van der Waals surface area contributed by atoms with Gasteiger partial charge in [0.15, 0.2) is 0 Å². The van der Waals surface area contributed by atoms with E-state index in [1.807, 2.05) is 49.4 Å². The smallest absolute Gasteiger partial charge is 0.226 e. The molecule has 5 nitrogen and oxygen atoms in total. The minimum atomic E-state index is 0.0194. The predicted octanol–water partition coefficient (Wildman–Crippen LogP) is 4.49. The molecule has 3 aromatic rings. The standard InChI is InChI=1S/C25H29N3O2/c1-18-8-6-11-21(14-18)25-27-23(19(2)30-25)17-28-13-7-12-22(16-28)24(29)26-15-20-9-4-3-5-10-20/h3-6,8-11,14,22H,7,12-13,15-17H2,1-2H3,(H,26,29). The summed E-state index contributed by atoms with van der Waals surface area (Å²) in [5.74, 6) is 1.68.